The Morgan fingerprint density at radius 2 is 1.83 bits per heavy atom. The number of aromatic nitrogens is 2. The number of aryl methyl sites for hydroxylation is 1. The first-order valence-electron chi connectivity index (χ1n) is 9.67. The number of rotatable bonds is 9. The van der Waals surface area contributed by atoms with Gasteiger partial charge in [0, 0.05) is 5.69 Å². The third kappa shape index (κ3) is 6.18. The van der Waals surface area contributed by atoms with E-state index in [1.807, 2.05) is 12.1 Å². The SMILES string of the molecule is CCOC(=O)c1cccc(NC(=O)CSc2nnc(Cc3ccc(CC)cc3)o2)c1. The summed E-state index contributed by atoms with van der Waals surface area (Å²) in [5, 5.41) is 11.1. The quantitative estimate of drug-likeness (QED) is 0.407. The molecular weight excluding hydrogens is 402 g/mol. The van der Waals surface area contributed by atoms with E-state index in [9.17, 15) is 9.59 Å². The molecule has 0 fully saturated rings. The van der Waals surface area contributed by atoms with E-state index in [0.717, 1.165) is 23.7 Å². The van der Waals surface area contributed by atoms with E-state index in [-0.39, 0.29) is 11.7 Å². The normalized spacial score (nSPS) is 10.6. The van der Waals surface area contributed by atoms with Gasteiger partial charge < -0.3 is 14.5 Å². The van der Waals surface area contributed by atoms with Crippen molar-refractivity contribution in [2.24, 2.45) is 0 Å². The minimum atomic E-state index is -0.425. The number of benzene rings is 2. The summed E-state index contributed by atoms with van der Waals surface area (Å²) < 4.78 is 10.6. The van der Waals surface area contributed by atoms with Crippen molar-refractivity contribution in [2.75, 3.05) is 17.7 Å². The fourth-order valence-corrected chi connectivity index (χ4v) is 3.28. The number of amides is 1. The Morgan fingerprint density at radius 3 is 2.57 bits per heavy atom. The van der Waals surface area contributed by atoms with Crippen molar-refractivity contribution < 1.29 is 18.7 Å². The van der Waals surface area contributed by atoms with Gasteiger partial charge in [0.1, 0.15) is 0 Å². The van der Waals surface area contributed by atoms with Crippen LogP contribution in [0.1, 0.15) is 41.2 Å². The van der Waals surface area contributed by atoms with Gasteiger partial charge in [0.2, 0.25) is 11.8 Å². The molecule has 3 rings (SSSR count). The zero-order valence-corrected chi connectivity index (χ0v) is 17.7. The molecule has 0 aliphatic carbocycles. The minimum Gasteiger partial charge on any atom is -0.462 e. The molecule has 3 aromatic rings. The number of hydrogen-bond acceptors (Lipinski definition) is 7. The van der Waals surface area contributed by atoms with Crippen LogP contribution >= 0.6 is 11.8 Å². The van der Waals surface area contributed by atoms with Crippen molar-refractivity contribution in [3.8, 4) is 0 Å². The highest BCUT2D eigenvalue weighted by Gasteiger charge is 2.12. The predicted molar refractivity (Wildman–Crippen MR) is 115 cm³/mol. The van der Waals surface area contributed by atoms with Gasteiger partial charge in [-0.05, 0) is 42.7 Å². The van der Waals surface area contributed by atoms with E-state index in [2.05, 4.69) is 34.6 Å². The highest BCUT2D eigenvalue weighted by Crippen LogP contribution is 2.19. The molecule has 1 amide bonds. The molecule has 30 heavy (non-hydrogen) atoms. The van der Waals surface area contributed by atoms with Crippen molar-refractivity contribution in [1.29, 1.82) is 0 Å². The molecule has 0 saturated heterocycles. The summed E-state index contributed by atoms with van der Waals surface area (Å²) in [4.78, 5) is 24.0. The van der Waals surface area contributed by atoms with Crippen LogP contribution in [0.25, 0.3) is 0 Å². The molecule has 0 atom stereocenters. The van der Waals surface area contributed by atoms with E-state index < -0.39 is 5.97 Å². The van der Waals surface area contributed by atoms with Gasteiger partial charge in [0.25, 0.3) is 5.22 Å². The average molecular weight is 426 g/mol. The number of ether oxygens (including phenoxy) is 1. The third-order valence-electron chi connectivity index (χ3n) is 4.22. The number of carbonyl (C=O) groups is 2. The molecule has 0 radical (unpaired) electrons. The lowest BCUT2D eigenvalue weighted by Crippen LogP contribution is -2.14. The van der Waals surface area contributed by atoms with E-state index >= 15 is 0 Å². The number of esters is 1. The summed E-state index contributed by atoms with van der Waals surface area (Å²) >= 11 is 1.16. The highest BCUT2D eigenvalue weighted by atomic mass is 32.2. The molecule has 0 unspecified atom stereocenters. The topological polar surface area (TPSA) is 94.3 Å². The zero-order chi connectivity index (χ0) is 21.3. The van der Waals surface area contributed by atoms with Crippen LogP contribution in [0, 0.1) is 0 Å². The summed E-state index contributed by atoms with van der Waals surface area (Å²) in [5.74, 6) is -0.0536. The third-order valence-corrected chi connectivity index (χ3v) is 5.04. The number of thioether (sulfide) groups is 1. The Bertz CT molecular complexity index is 1000. The maximum atomic E-state index is 12.2. The van der Waals surface area contributed by atoms with Crippen LogP contribution in [0.2, 0.25) is 0 Å². The van der Waals surface area contributed by atoms with Gasteiger partial charge >= 0.3 is 5.97 Å². The highest BCUT2D eigenvalue weighted by molar-refractivity contribution is 7.99. The van der Waals surface area contributed by atoms with Crippen LogP contribution in [-0.4, -0.2) is 34.4 Å². The first-order chi connectivity index (χ1) is 14.6. The van der Waals surface area contributed by atoms with Crippen LogP contribution in [0.15, 0.2) is 58.2 Å². The Hall–Kier alpha value is -3.13. The predicted octanol–water partition coefficient (Wildman–Crippen LogP) is 4.13. The Balaban J connectivity index is 1.50. The van der Waals surface area contributed by atoms with Crippen molar-refractivity contribution in [3.63, 3.8) is 0 Å². The monoisotopic (exact) mass is 425 g/mol. The lowest BCUT2D eigenvalue weighted by Gasteiger charge is -2.06. The summed E-state index contributed by atoms with van der Waals surface area (Å²) in [6.45, 7) is 4.15. The van der Waals surface area contributed by atoms with E-state index in [1.165, 1.54) is 5.56 Å². The Kier molecular flexibility index (Phi) is 7.62. The molecule has 1 aromatic heterocycles. The van der Waals surface area contributed by atoms with Gasteiger partial charge in [0.05, 0.1) is 24.3 Å². The summed E-state index contributed by atoms with van der Waals surface area (Å²) in [7, 11) is 0. The summed E-state index contributed by atoms with van der Waals surface area (Å²) in [6, 6.07) is 14.9. The van der Waals surface area contributed by atoms with Crippen LogP contribution < -0.4 is 5.32 Å². The largest absolute Gasteiger partial charge is 0.462 e. The molecule has 0 saturated carbocycles. The van der Waals surface area contributed by atoms with Gasteiger partial charge in [-0.25, -0.2) is 4.79 Å². The fourth-order valence-electron chi connectivity index (χ4n) is 2.70. The lowest BCUT2D eigenvalue weighted by atomic mass is 10.1. The fraction of sp³-hybridized carbons (Fsp3) is 0.273. The molecule has 1 heterocycles. The molecule has 7 nitrogen and oxygen atoms in total. The van der Waals surface area contributed by atoms with Crippen molar-refractivity contribution >= 4 is 29.3 Å². The van der Waals surface area contributed by atoms with Crippen LogP contribution in [0.3, 0.4) is 0 Å². The lowest BCUT2D eigenvalue weighted by molar-refractivity contribution is -0.113. The van der Waals surface area contributed by atoms with E-state index in [1.54, 1.807) is 31.2 Å². The van der Waals surface area contributed by atoms with Crippen LogP contribution in [0.4, 0.5) is 5.69 Å². The van der Waals surface area contributed by atoms with Gasteiger partial charge in [0.15, 0.2) is 0 Å². The molecule has 1 N–H and O–H groups in total. The number of nitrogens with zero attached hydrogens (tertiary/aromatic N) is 2. The van der Waals surface area contributed by atoms with Crippen molar-refractivity contribution in [2.45, 2.75) is 31.9 Å². The van der Waals surface area contributed by atoms with E-state index in [0.29, 0.717) is 35.4 Å². The van der Waals surface area contributed by atoms with Gasteiger partial charge in [-0.15, -0.1) is 10.2 Å². The van der Waals surface area contributed by atoms with Gasteiger partial charge in [-0.2, -0.15) is 0 Å². The van der Waals surface area contributed by atoms with Gasteiger partial charge in [-0.3, -0.25) is 4.79 Å². The number of anilines is 1. The molecule has 0 spiro atoms. The summed E-state index contributed by atoms with van der Waals surface area (Å²) in [6.07, 6.45) is 1.54. The van der Waals surface area contributed by atoms with Crippen LogP contribution in [0.5, 0.6) is 0 Å². The zero-order valence-electron chi connectivity index (χ0n) is 16.9. The molecule has 0 bridgehead atoms. The Labute approximate surface area is 179 Å². The molecular formula is C22H23N3O4S. The number of nitrogens with one attached hydrogen (secondary N) is 1. The van der Waals surface area contributed by atoms with Crippen LogP contribution in [-0.2, 0) is 22.4 Å². The second-order valence-electron chi connectivity index (χ2n) is 6.45. The molecule has 156 valence electrons. The first-order valence-corrected chi connectivity index (χ1v) is 10.7. The first kappa shape index (κ1) is 21.6. The van der Waals surface area contributed by atoms with Crippen molar-refractivity contribution in [3.05, 3.63) is 71.1 Å². The molecule has 0 aliphatic rings. The molecule has 8 heteroatoms. The second-order valence-corrected chi connectivity index (χ2v) is 7.37. The maximum Gasteiger partial charge on any atom is 0.338 e. The molecule has 2 aromatic carbocycles. The number of carbonyl (C=O) groups excluding carboxylic acids is 2. The maximum absolute atomic E-state index is 12.2. The van der Waals surface area contributed by atoms with Crippen molar-refractivity contribution in [1.82, 2.24) is 10.2 Å². The smallest absolute Gasteiger partial charge is 0.338 e. The minimum absolute atomic E-state index is 0.108. The Morgan fingerprint density at radius 1 is 1.07 bits per heavy atom. The average Bonchev–Trinajstić information content (AvgIpc) is 3.20. The standard InChI is InChI=1S/C22H23N3O4S/c1-3-15-8-10-16(11-9-15)12-20-24-25-22(29-20)30-14-19(26)23-18-7-5-6-17(13-18)21(27)28-4-2/h5-11,13H,3-4,12,14H2,1-2H3,(H,23,26). The van der Waals surface area contributed by atoms with Gasteiger partial charge in [-0.1, -0.05) is 49.0 Å². The van der Waals surface area contributed by atoms with E-state index in [4.69, 9.17) is 9.15 Å². The second kappa shape index (κ2) is 10.6. The molecule has 0 aliphatic heterocycles. The summed E-state index contributed by atoms with van der Waals surface area (Å²) in [5.41, 5.74) is 3.27. The number of hydrogen-bond donors (Lipinski definition) is 1.